The lowest BCUT2D eigenvalue weighted by molar-refractivity contribution is 0.119. The lowest BCUT2D eigenvalue weighted by atomic mass is 10.0. The molecule has 0 saturated heterocycles. The fourth-order valence-electron chi connectivity index (χ4n) is 3.28. The largest absolute Gasteiger partial charge is 0.375 e. The topological polar surface area (TPSA) is 49.8 Å². The molecule has 1 heterocycles. The van der Waals surface area contributed by atoms with Gasteiger partial charge < -0.3 is 15.0 Å². The van der Waals surface area contributed by atoms with Crippen molar-refractivity contribution < 1.29 is 4.74 Å². The molecule has 1 saturated carbocycles. The lowest BCUT2D eigenvalue weighted by Crippen LogP contribution is -2.39. The Morgan fingerprint density at radius 3 is 2.84 bits per heavy atom. The molecule has 1 aliphatic carbocycles. The summed E-state index contributed by atoms with van der Waals surface area (Å²) >= 11 is 1.66. The highest BCUT2D eigenvalue weighted by Crippen LogP contribution is 2.28. The normalized spacial score (nSPS) is 16.6. The molecule has 0 aliphatic heterocycles. The monoisotopic (exact) mass is 480 g/mol. The highest BCUT2D eigenvalue weighted by atomic mass is 127. The number of rotatable bonds is 8. The number of nitrogens with one attached hydrogen (secondary N) is 1. The predicted molar refractivity (Wildman–Crippen MR) is 117 cm³/mol. The first-order chi connectivity index (χ1) is 11.6. The quantitative estimate of drug-likeness (QED) is 0.259. The first-order valence-corrected chi connectivity index (χ1v) is 9.91. The van der Waals surface area contributed by atoms with E-state index in [1.165, 1.54) is 38.5 Å². The number of hydrogen-bond donors (Lipinski definition) is 1. The molecule has 1 aliphatic rings. The van der Waals surface area contributed by atoms with Gasteiger partial charge in [0.05, 0.1) is 12.2 Å². The van der Waals surface area contributed by atoms with Crippen molar-refractivity contribution in [3.8, 4) is 0 Å². The standard InChI is InChI=1S/C18H32N4OS.HI/c1-14(23-4)17-21-16(13-24-17)12-22(3)18(19-2)20-11-7-10-15-8-5-6-9-15;/h13-15H,5-12H2,1-4H3,(H,19,20);1H. The maximum atomic E-state index is 5.33. The van der Waals surface area contributed by atoms with Crippen LogP contribution in [0.15, 0.2) is 10.4 Å². The van der Waals surface area contributed by atoms with E-state index in [1.54, 1.807) is 18.4 Å². The molecule has 0 spiro atoms. The van der Waals surface area contributed by atoms with Crippen LogP contribution in [0, 0.1) is 5.92 Å². The van der Waals surface area contributed by atoms with Crippen LogP contribution < -0.4 is 5.32 Å². The Hall–Kier alpha value is -0.410. The first kappa shape index (κ1) is 22.6. The van der Waals surface area contributed by atoms with E-state index < -0.39 is 0 Å². The number of nitrogens with zero attached hydrogens (tertiary/aromatic N) is 3. The maximum absolute atomic E-state index is 5.33. The zero-order valence-corrected chi connectivity index (χ0v) is 19.1. The summed E-state index contributed by atoms with van der Waals surface area (Å²) in [5, 5.41) is 6.62. The second-order valence-corrected chi connectivity index (χ2v) is 7.57. The summed E-state index contributed by atoms with van der Waals surface area (Å²) in [7, 11) is 5.62. The average molecular weight is 480 g/mol. The number of aliphatic imine (C=N–C) groups is 1. The van der Waals surface area contributed by atoms with Gasteiger partial charge in [0.15, 0.2) is 5.96 Å². The summed E-state index contributed by atoms with van der Waals surface area (Å²) in [6, 6.07) is 0. The van der Waals surface area contributed by atoms with Crippen molar-refractivity contribution >= 4 is 41.3 Å². The van der Waals surface area contributed by atoms with Crippen LogP contribution in [0.5, 0.6) is 0 Å². The van der Waals surface area contributed by atoms with Gasteiger partial charge in [-0.05, 0) is 25.7 Å². The summed E-state index contributed by atoms with van der Waals surface area (Å²) < 4.78 is 5.33. The molecule has 1 aromatic heterocycles. The maximum Gasteiger partial charge on any atom is 0.193 e. The Morgan fingerprint density at radius 2 is 2.20 bits per heavy atom. The van der Waals surface area contributed by atoms with Gasteiger partial charge in [0.25, 0.3) is 0 Å². The van der Waals surface area contributed by atoms with Crippen LogP contribution in [0.2, 0.25) is 0 Å². The fourth-order valence-corrected chi connectivity index (χ4v) is 4.12. The number of guanidine groups is 1. The minimum Gasteiger partial charge on any atom is -0.375 e. The molecular formula is C18H33IN4OS. The highest BCUT2D eigenvalue weighted by molar-refractivity contribution is 14.0. The molecule has 7 heteroatoms. The number of halogens is 1. The molecule has 1 atom stereocenters. The van der Waals surface area contributed by atoms with Gasteiger partial charge in [-0.1, -0.05) is 25.7 Å². The molecule has 1 aromatic rings. The van der Waals surface area contributed by atoms with Crippen molar-refractivity contribution in [1.82, 2.24) is 15.2 Å². The Labute approximate surface area is 173 Å². The van der Waals surface area contributed by atoms with E-state index >= 15 is 0 Å². The van der Waals surface area contributed by atoms with Crippen molar-refractivity contribution in [3.05, 3.63) is 16.1 Å². The van der Waals surface area contributed by atoms with E-state index in [4.69, 9.17) is 4.74 Å². The molecule has 25 heavy (non-hydrogen) atoms. The number of ether oxygens (including phenoxy) is 1. The van der Waals surface area contributed by atoms with E-state index in [1.807, 2.05) is 14.0 Å². The molecule has 2 rings (SSSR count). The summed E-state index contributed by atoms with van der Waals surface area (Å²) in [4.78, 5) is 11.2. The molecule has 1 unspecified atom stereocenters. The zero-order valence-electron chi connectivity index (χ0n) is 16.0. The Bertz CT molecular complexity index is 517. The van der Waals surface area contributed by atoms with E-state index in [0.29, 0.717) is 0 Å². The van der Waals surface area contributed by atoms with Crippen molar-refractivity contribution in [3.63, 3.8) is 0 Å². The van der Waals surface area contributed by atoms with E-state index in [0.717, 1.165) is 35.7 Å². The SMILES string of the molecule is CN=C(NCCCC1CCCC1)N(C)Cc1csc(C(C)OC)n1.I. The molecular weight excluding hydrogens is 447 g/mol. The van der Waals surface area contributed by atoms with Crippen molar-refractivity contribution in [2.24, 2.45) is 10.9 Å². The Kier molecular flexibility index (Phi) is 10.9. The molecule has 0 radical (unpaired) electrons. The number of thiazole rings is 1. The van der Waals surface area contributed by atoms with Crippen molar-refractivity contribution in [2.75, 3.05) is 27.7 Å². The molecule has 1 fully saturated rings. The van der Waals surface area contributed by atoms with Gasteiger partial charge in [0.2, 0.25) is 0 Å². The van der Waals surface area contributed by atoms with Crippen LogP contribution in [0.3, 0.4) is 0 Å². The molecule has 144 valence electrons. The van der Waals surface area contributed by atoms with Crippen LogP contribution in [0.1, 0.15) is 62.3 Å². The van der Waals surface area contributed by atoms with E-state index in [9.17, 15) is 0 Å². The molecule has 0 aromatic carbocycles. The van der Waals surface area contributed by atoms with Gasteiger partial charge in [-0.25, -0.2) is 4.98 Å². The van der Waals surface area contributed by atoms with Crippen LogP contribution in [-0.4, -0.2) is 43.6 Å². The number of aromatic nitrogens is 1. The van der Waals surface area contributed by atoms with Gasteiger partial charge in [0.1, 0.15) is 11.1 Å². The highest BCUT2D eigenvalue weighted by Gasteiger charge is 2.15. The zero-order chi connectivity index (χ0) is 17.4. The minimum absolute atomic E-state index is 0. The van der Waals surface area contributed by atoms with E-state index in [2.05, 4.69) is 32.6 Å². The van der Waals surface area contributed by atoms with Crippen molar-refractivity contribution in [1.29, 1.82) is 0 Å². The molecule has 0 bridgehead atoms. The third kappa shape index (κ3) is 7.38. The second-order valence-electron chi connectivity index (χ2n) is 6.68. The summed E-state index contributed by atoms with van der Waals surface area (Å²) in [5.74, 6) is 1.90. The molecule has 0 amide bonds. The van der Waals surface area contributed by atoms with Gasteiger partial charge in [-0.2, -0.15) is 0 Å². The van der Waals surface area contributed by atoms with Crippen LogP contribution >= 0.6 is 35.3 Å². The Morgan fingerprint density at radius 1 is 1.48 bits per heavy atom. The average Bonchev–Trinajstić information content (AvgIpc) is 3.26. The van der Waals surface area contributed by atoms with Gasteiger partial charge in [-0.3, -0.25) is 4.99 Å². The van der Waals surface area contributed by atoms with Crippen LogP contribution in [0.4, 0.5) is 0 Å². The number of methoxy groups -OCH3 is 1. The summed E-state index contributed by atoms with van der Waals surface area (Å²) in [5.41, 5.74) is 1.07. The third-order valence-electron chi connectivity index (χ3n) is 4.79. The summed E-state index contributed by atoms with van der Waals surface area (Å²) in [6.07, 6.45) is 8.35. The molecule has 1 N–H and O–H groups in total. The van der Waals surface area contributed by atoms with Crippen molar-refractivity contribution in [2.45, 2.75) is 58.1 Å². The second kappa shape index (κ2) is 12.1. The Balaban J connectivity index is 0.00000312. The van der Waals surface area contributed by atoms with Gasteiger partial charge in [-0.15, -0.1) is 35.3 Å². The summed E-state index contributed by atoms with van der Waals surface area (Å²) in [6.45, 7) is 3.78. The fraction of sp³-hybridized carbons (Fsp3) is 0.778. The van der Waals surface area contributed by atoms with Crippen LogP contribution in [0.25, 0.3) is 0 Å². The number of hydrogen-bond acceptors (Lipinski definition) is 4. The lowest BCUT2D eigenvalue weighted by Gasteiger charge is -2.21. The smallest absolute Gasteiger partial charge is 0.193 e. The third-order valence-corrected chi connectivity index (χ3v) is 5.85. The van der Waals surface area contributed by atoms with Gasteiger partial charge in [0, 0.05) is 33.1 Å². The first-order valence-electron chi connectivity index (χ1n) is 9.03. The van der Waals surface area contributed by atoms with Gasteiger partial charge >= 0.3 is 0 Å². The van der Waals surface area contributed by atoms with Crippen LogP contribution in [-0.2, 0) is 11.3 Å². The predicted octanol–water partition coefficient (Wildman–Crippen LogP) is 4.45. The van der Waals surface area contributed by atoms with E-state index in [-0.39, 0.29) is 30.1 Å². The minimum atomic E-state index is 0. The molecule has 5 nitrogen and oxygen atoms in total.